The lowest BCUT2D eigenvalue weighted by atomic mass is 10.1. The molecule has 4 rings (SSSR count). The molecule has 0 aliphatic rings. The van der Waals surface area contributed by atoms with Gasteiger partial charge >= 0.3 is 0 Å². The molecule has 0 spiro atoms. The Balaban J connectivity index is 1.85. The van der Waals surface area contributed by atoms with Gasteiger partial charge in [-0.3, -0.25) is 14.0 Å². The van der Waals surface area contributed by atoms with E-state index in [9.17, 15) is 14.9 Å². The second kappa shape index (κ2) is 9.84. The lowest BCUT2D eigenvalue weighted by Gasteiger charge is -2.12. The zero-order valence-corrected chi connectivity index (χ0v) is 20.1. The van der Waals surface area contributed by atoms with Crippen molar-refractivity contribution in [1.29, 1.82) is 5.26 Å². The number of aromatic nitrogens is 2. The number of ether oxygens (including phenoxy) is 1. The van der Waals surface area contributed by atoms with E-state index >= 15 is 0 Å². The third-order valence-corrected chi connectivity index (χ3v) is 5.86. The second-order valence-corrected chi connectivity index (χ2v) is 8.38. The molecule has 0 unspecified atom stereocenters. The van der Waals surface area contributed by atoms with E-state index in [0.717, 1.165) is 16.7 Å². The average Bonchev–Trinajstić information content (AvgIpc) is 2.83. The van der Waals surface area contributed by atoms with Crippen molar-refractivity contribution in [3.63, 3.8) is 0 Å². The van der Waals surface area contributed by atoms with E-state index in [1.165, 1.54) is 10.5 Å². The van der Waals surface area contributed by atoms with Gasteiger partial charge in [0.05, 0.1) is 0 Å². The molecule has 0 aliphatic heterocycles. The number of hydrogen-bond acceptors (Lipinski definition) is 5. The van der Waals surface area contributed by atoms with E-state index in [0.29, 0.717) is 22.1 Å². The van der Waals surface area contributed by atoms with Crippen LogP contribution < -0.4 is 15.6 Å². The van der Waals surface area contributed by atoms with Crippen molar-refractivity contribution >= 4 is 34.9 Å². The van der Waals surface area contributed by atoms with Crippen molar-refractivity contribution in [3.05, 3.63) is 104 Å². The maximum absolute atomic E-state index is 13.4. The van der Waals surface area contributed by atoms with Crippen LogP contribution in [0.25, 0.3) is 11.7 Å². The van der Waals surface area contributed by atoms with Crippen molar-refractivity contribution in [1.82, 2.24) is 9.38 Å². The molecule has 174 valence electrons. The van der Waals surface area contributed by atoms with E-state index in [-0.39, 0.29) is 17.0 Å². The largest absolute Gasteiger partial charge is 0.438 e. The first-order valence-electron chi connectivity index (χ1n) is 10.7. The van der Waals surface area contributed by atoms with Gasteiger partial charge in [-0.1, -0.05) is 35.9 Å². The van der Waals surface area contributed by atoms with Crippen LogP contribution in [0.3, 0.4) is 0 Å². The maximum atomic E-state index is 13.4. The predicted molar refractivity (Wildman–Crippen MR) is 136 cm³/mol. The molecule has 2 heterocycles. The fourth-order valence-electron chi connectivity index (χ4n) is 3.48. The van der Waals surface area contributed by atoms with Crippen molar-refractivity contribution in [2.75, 3.05) is 5.32 Å². The molecule has 0 saturated heterocycles. The molecule has 1 N–H and O–H groups in total. The predicted octanol–water partition coefficient (Wildman–Crippen LogP) is 5.61. The van der Waals surface area contributed by atoms with Crippen LogP contribution >= 0.6 is 11.6 Å². The van der Waals surface area contributed by atoms with Gasteiger partial charge in [0.25, 0.3) is 11.5 Å². The summed E-state index contributed by atoms with van der Waals surface area (Å²) in [6.45, 7) is 5.49. The minimum Gasteiger partial charge on any atom is -0.438 e. The molecule has 1 amide bonds. The standard InChI is InChI=1S/C27H21ClN4O3/c1-16-7-4-5-9-23(16)30-25(33)19(15-29)14-21-26(35-20-10-11-22(28)18(3)13-20)31-24-17(2)8-6-12-32(24)27(21)34/h4-14H,1-3H3,(H,30,33)/b19-14-. The summed E-state index contributed by atoms with van der Waals surface area (Å²) < 4.78 is 7.34. The Kier molecular flexibility index (Phi) is 6.67. The highest BCUT2D eigenvalue weighted by molar-refractivity contribution is 6.31. The van der Waals surface area contributed by atoms with Gasteiger partial charge in [-0.25, -0.2) is 0 Å². The number of benzene rings is 2. The molecule has 7 nitrogen and oxygen atoms in total. The van der Waals surface area contributed by atoms with Crippen LogP contribution in [0.5, 0.6) is 11.6 Å². The number of pyridine rings is 1. The smallest absolute Gasteiger partial charge is 0.269 e. The van der Waals surface area contributed by atoms with Crippen molar-refractivity contribution in [2.45, 2.75) is 20.8 Å². The van der Waals surface area contributed by atoms with Crippen LogP contribution in [-0.4, -0.2) is 15.3 Å². The Morgan fingerprint density at radius 3 is 2.54 bits per heavy atom. The van der Waals surface area contributed by atoms with E-state index in [1.54, 1.807) is 42.6 Å². The summed E-state index contributed by atoms with van der Waals surface area (Å²) in [5.74, 6) is -0.263. The van der Waals surface area contributed by atoms with Gasteiger partial charge < -0.3 is 10.1 Å². The fourth-order valence-corrected chi connectivity index (χ4v) is 3.60. The number of nitrogens with one attached hydrogen (secondary N) is 1. The van der Waals surface area contributed by atoms with E-state index < -0.39 is 11.5 Å². The zero-order chi connectivity index (χ0) is 25.1. The monoisotopic (exact) mass is 484 g/mol. The number of halogens is 1. The third kappa shape index (κ3) is 4.93. The maximum Gasteiger partial charge on any atom is 0.269 e. The van der Waals surface area contributed by atoms with Gasteiger partial charge in [-0.05, 0) is 73.9 Å². The number of fused-ring (bicyclic) bond motifs is 1. The molecule has 2 aromatic heterocycles. The Morgan fingerprint density at radius 2 is 1.83 bits per heavy atom. The van der Waals surface area contributed by atoms with Gasteiger partial charge in [0.15, 0.2) is 0 Å². The van der Waals surface area contributed by atoms with Gasteiger partial charge in [0, 0.05) is 16.9 Å². The first kappa shape index (κ1) is 23.7. The normalized spacial score (nSPS) is 11.2. The summed E-state index contributed by atoms with van der Waals surface area (Å²) in [6.07, 6.45) is 2.78. The van der Waals surface area contributed by atoms with Gasteiger partial charge in [-0.2, -0.15) is 10.2 Å². The number of nitrogens with zero attached hydrogens (tertiary/aromatic N) is 3. The summed E-state index contributed by atoms with van der Waals surface area (Å²) in [5, 5.41) is 13.0. The molecule has 4 aromatic rings. The molecule has 0 radical (unpaired) electrons. The Hall–Kier alpha value is -4.41. The molecule has 8 heteroatoms. The van der Waals surface area contributed by atoms with Crippen molar-refractivity contribution in [2.24, 2.45) is 0 Å². The topological polar surface area (TPSA) is 96.5 Å². The minimum atomic E-state index is -0.649. The van der Waals surface area contributed by atoms with Gasteiger partial charge in [0.1, 0.15) is 28.6 Å². The summed E-state index contributed by atoms with van der Waals surface area (Å²) in [7, 11) is 0. The highest BCUT2D eigenvalue weighted by Gasteiger charge is 2.18. The highest BCUT2D eigenvalue weighted by Crippen LogP contribution is 2.28. The minimum absolute atomic E-state index is 0.0255. The van der Waals surface area contributed by atoms with E-state index in [2.05, 4.69) is 10.3 Å². The molecule has 0 saturated carbocycles. The molecule has 2 aromatic carbocycles. The number of rotatable bonds is 5. The van der Waals surface area contributed by atoms with E-state index in [4.69, 9.17) is 16.3 Å². The third-order valence-electron chi connectivity index (χ3n) is 5.44. The van der Waals surface area contributed by atoms with E-state index in [1.807, 2.05) is 45.0 Å². The molecular formula is C27H21ClN4O3. The first-order valence-corrected chi connectivity index (χ1v) is 11.1. The first-order chi connectivity index (χ1) is 16.8. The lowest BCUT2D eigenvalue weighted by molar-refractivity contribution is -0.112. The Labute approximate surface area is 206 Å². The Bertz CT molecular complexity index is 1600. The van der Waals surface area contributed by atoms with Gasteiger partial charge in [-0.15, -0.1) is 0 Å². The summed E-state index contributed by atoms with van der Waals surface area (Å²) in [5.41, 5.74) is 2.57. The summed E-state index contributed by atoms with van der Waals surface area (Å²) in [4.78, 5) is 30.9. The van der Waals surface area contributed by atoms with Crippen molar-refractivity contribution < 1.29 is 9.53 Å². The summed E-state index contributed by atoms with van der Waals surface area (Å²) in [6, 6.07) is 17.7. The van der Waals surface area contributed by atoms with Crippen LogP contribution in [0.4, 0.5) is 5.69 Å². The average molecular weight is 485 g/mol. The lowest BCUT2D eigenvalue weighted by Crippen LogP contribution is -2.21. The van der Waals surface area contributed by atoms with Crippen LogP contribution in [-0.2, 0) is 4.79 Å². The zero-order valence-electron chi connectivity index (χ0n) is 19.3. The molecule has 35 heavy (non-hydrogen) atoms. The molecule has 0 aliphatic carbocycles. The number of hydrogen-bond donors (Lipinski definition) is 1. The highest BCUT2D eigenvalue weighted by atomic mass is 35.5. The number of nitriles is 1. The number of carbonyl (C=O) groups excluding carboxylic acids is 1. The number of anilines is 1. The molecular weight excluding hydrogens is 464 g/mol. The van der Waals surface area contributed by atoms with Crippen molar-refractivity contribution in [3.8, 4) is 17.7 Å². The fraction of sp³-hybridized carbons (Fsp3) is 0.111. The molecule has 0 fully saturated rings. The SMILES string of the molecule is Cc1cc(Oc2nc3c(C)cccn3c(=O)c2/C=C(/C#N)C(=O)Nc2ccccc2C)ccc1Cl. The number of amides is 1. The van der Waals surface area contributed by atoms with Crippen LogP contribution in [0.1, 0.15) is 22.3 Å². The Morgan fingerprint density at radius 1 is 1.09 bits per heavy atom. The number of carbonyl (C=O) groups is 1. The van der Waals surface area contributed by atoms with Crippen LogP contribution in [0, 0.1) is 32.1 Å². The number of para-hydroxylation sites is 1. The van der Waals surface area contributed by atoms with Gasteiger partial charge in [0.2, 0.25) is 5.88 Å². The second-order valence-electron chi connectivity index (χ2n) is 7.97. The quantitative estimate of drug-likeness (QED) is 0.293. The van der Waals surface area contributed by atoms with Crippen LogP contribution in [0.2, 0.25) is 5.02 Å². The molecule has 0 atom stereocenters. The van der Waals surface area contributed by atoms with Crippen LogP contribution in [0.15, 0.2) is 71.2 Å². The number of aryl methyl sites for hydroxylation is 3. The summed E-state index contributed by atoms with van der Waals surface area (Å²) >= 11 is 6.12. The molecule has 0 bridgehead atoms.